The number of imidazole rings is 1. The van der Waals surface area contributed by atoms with Gasteiger partial charge in [0.05, 0.1) is 6.33 Å². The zero-order chi connectivity index (χ0) is 14.2. The van der Waals surface area contributed by atoms with Crippen LogP contribution in [0.3, 0.4) is 0 Å². The fourth-order valence-corrected chi connectivity index (χ4v) is 2.12. The van der Waals surface area contributed by atoms with Crippen molar-refractivity contribution < 1.29 is 13.2 Å². The van der Waals surface area contributed by atoms with E-state index in [2.05, 4.69) is 15.4 Å². The lowest BCUT2D eigenvalue weighted by Gasteiger charge is -2.01. The Morgan fingerprint density at radius 1 is 1.37 bits per heavy atom. The molecule has 0 fully saturated rings. The molecule has 2 aromatic rings. The summed E-state index contributed by atoms with van der Waals surface area (Å²) in [6.07, 6.45) is 4.16. The number of rotatable bonds is 3. The zero-order valence-corrected chi connectivity index (χ0v) is 11.0. The van der Waals surface area contributed by atoms with E-state index in [1.54, 1.807) is 11.6 Å². The van der Waals surface area contributed by atoms with E-state index >= 15 is 0 Å². The van der Waals surface area contributed by atoms with E-state index in [-0.39, 0.29) is 16.4 Å². The molecule has 3 N–H and O–H groups in total. The maximum Gasteiger partial charge on any atom is 0.277 e. The van der Waals surface area contributed by atoms with Crippen molar-refractivity contribution in [2.24, 2.45) is 19.2 Å². The van der Waals surface area contributed by atoms with Crippen molar-refractivity contribution >= 4 is 21.7 Å². The Kier molecular flexibility index (Phi) is 3.12. The number of nitrogens with one attached hydrogen (secondary N) is 1. The van der Waals surface area contributed by atoms with E-state index in [1.807, 2.05) is 0 Å². The number of primary sulfonamides is 1. The topological polar surface area (TPSA) is 125 Å². The monoisotopic (exact) mass is 284 g/mol. The SMILES string of the molecule is Cn1cnc(C(=O)Nc2nn(C)cc2S(N)(=O)=O)c1. The second-order valence-corrected chi connectivity index (χ2v) is 5.47. The third-order valence-electron chi connectivity index (χ3n) is 2.27. The van der Waals surface area contributed by atoms with Crippen LogP contribution in [0.15, 0.2) is 23.6 Å². The Labute approximate surface area is 109 Å². The van der Waals surface area contributed by atoms with Gasteiger partial charge in [-0.1, -0.05) is 0 Å². The molecule has 2 heterocycles. The van der Waals surface area contributed by atoms with E-state index < -0.39 is 15.9 Å². The summed E-state index contributed by atoms with van der Waals surface area (Å²) in [5.74, 6) is -0.690. The van der Waals surface area contributed by atoms with Gasteiger partial charge in [0.2, 0.25) is 10.0 Å². The lowest BCUT2D eigenvalue weighted by molar-refractivity contribution is 0.102. The minimum atomic E-state index is -3.96. The Bertz CT molecular complexity index is 729. The first kappa shape index (κ1) is 13.2. The van der Waals surface area contributed by atoms with E-state index in [0.29, 0.717) is 0 Å². The molecule has 0 unspecified atom stereocenters. The zero-order valence-electron chi connectivity index (χ0n) is 10.2. The average molecular weight is 284 g/mol. The fourth-order valence-electron chi connectivity index (χ4n) is 1.46. The van der Waals surface area contributed by atoms with Gasteiger partial charge in [0.25, 0.3) is 5.91 Å². The van der Waals surface area contributed by atoms with Crippen LogP contribution >= 0.6 is 0 Å². The van der Waals surface area contributed by atoms with Crippen molar-refractivity contribution in [2.75, 3.05) is 5.32 Å². The second kappa shape index (κ2) is 4.48. The Balaban J connectivity index is 2.32. The third-order valence-corrected chi connectivity index (χ3v) is 3.18. The van der Waals surface area contributed by atoms with Crippen LogP contribution in [-0.2, 0) is 24.1 Å². The molecule has 9 nitrogen and oxygen atoms in total. The van der Waals surface area contributed by atoms with Crippen LogP contribution in [0, 0.1) is 0 Å². The Hall–Kier alpha value is -2.20. The van der Waals surface area contributed by atoms with Gasteiger partial charge in [0.1, 0.15) is 10.6 Å². The molecular formula is C9H12N6O3S. The van der Waals surface area contributed by atoms with Gasteiger partial charge in [-0.15, -0.1) is 0 Å². The van der Waals surface area contributed by atoms with Crippen LogP contribution in [0.1, 0.15) is 10.5 Å². The quantitative estimate of drug-likeness (QED) is 0.752. The Morgan fingerprint density at radius 2 is 2.05 bits per heavy atom. The van der Waals surface area contributed by atoms with E-state index in [1.165, 1.54) is 30.5 Å². The molecule has 0 radical (unpaired) electrons. The molecule has 0 bridgehead atoms. The minimum absolute atomic E-state index is 0.124. The number of aryl methyl sites for hydroxylation is 2. The second-order valence-electron chi connectivity index (χ2n) is 3.94. The molecular weight excluding hydrogens is 272 g/mol. The molecule has 2 rings (SSSR count). The molecule has 19 heavy (non-hydrogen) atoms. The van der Waals surface area contributed by atoms with Gasteiger partial charge in [0.15, 0.2) is 5.82 Å². The lowest BCUT2D eigenvalue weighted by atomic mass is 10.4. The van der Waals surface area contributed by atoms with Crippen molar-refractivity contribution in [1.29, 1.82) is 0 Å². The van der Waals surface area contributed by atoms with Gasteiger partial charge in [-0.2, -0.15) is 5.10 Å². The first-order valence-corrected chi connectivity index (χ1v) is 6.68. The standard InChI is InChI=1S/C9H12N6O3S/c1-14-3-6(11-5-14)9(16)12-8-7(19(10,17)18)4-15(2)13-8/h3-5H,1-2H3,(H2,10,17,18)(H,12,13,16). The van der Waals surface area contributed by atoms with Crippen molar-refractivity contribution in [3.8, 4) is 0 Å². The summed E-state index contributed by atoms with van der Waals surface area (Å²) in [5, 5.41) is 11.2. The molecule has 10 heteroatoms. The van der Waals surface area contributed by atoms with Crippen LogP contribution in [0.25, 0.3) is 0 Å². The summed E-state index contributed by atoms with van der Waals surface area (Å²) in [4.78, 5) is 15.4. The molecule has 0 aliphatic rings. The highest BCUT2D eigenvalue weighted by molar-refractivity contribution is 7.89. The predicted molar refractivity (Wildman–Crippen MR) is 65.7 cm³/mol. The number of hydrogen-bond donors (Lipinski definition) is 2. The van der Waals surface area contributed by atoms with Crippen LogP contribution in [0.2, 0.25) is 0 Å². The molecule has 0 saturated carbocycles. The molecule has 0 aliphatic heterocycles. The average Bonchev–Trinajstić information content (AvgIpc) is 2.84. The van der Waals surface area contributed by atoms with Crippen LogP contribution < -0.4 is 10.5 Å². The molecule has 1 amide bonds. The van der Waals surface area contributed by atoms with Gasteiger partial charge in [0, 0.05) is 26.5 Å². The highest BCUT2D eigenvalue weighted by Crippen LogP contribution is 2.17. The normalized spacial score (nSPS) is 11.5. The Morgan fingerprint density at radius 3 is 2.58 bits per heavy atom. The van der Waals surface area contributed by atoms with Gasteiger partial charge in [-0.25, -0.2) is 18.5 Å². The van der Waals surface area contributed by atoms with Crippen LogP contribution in [0.4, 0.5) is 5.82 Å². The first-order chi connectivity index (χ1) is 8.77. The molecule has 0 spiro atoms. The van der Waals surface area contributed by atoms with Crippen molar-refractivity contribution in [2.45, 2.75) is 4.90 Å². The fraction of sp³-hybridized carbons (Fsp3) is 0.222. The maximum atomic E-state index is 11.8. The van der Waals surface area contributed by atoms with Crippen molar-refractivity contribution in [3.63, 3.8) is 0 Å². The summed E-state index contributed by atoms with van der Waals surface area (Å²) in [5.41, 5.74) is 0.147. The van der Waals surface area contributed by atoms with Crippen molar-refractivity contribution in [3.05, 3.63) is 24.4 Å². The smallest absolute Gasteiger partial charge is 0.277 e. The molecule has 102 valence electrons. The highest BCUT2D eigenvalue weighted by atomic mass is 32.2. The number of aromatic nitrogens is 4. The van der Waals surface area contributed by atoms with Gasteiger partial charge >= 0.3 is 0 Å². The molecule has 2 aromatic heterocycles. The van der Waals surface area contributed by atoms with Crippen LogP contribution in [0.5, 0.6) is 0 Å². The number of hydrogen-bond acceptors (Lipinski definition) is 5. The van der Waals surface area contributed by atoms with Gasteiger partial charge in [-0.05, 0) is 0 Å². The number of carbonyl (C=O) groups is 1. The van der Waals surface area contributed by atoms with Crippen molar-refractivity contribution in [1.82, 2.24) is 19.3 Å². The van der Waals surface area contributed by atoms with Gasteiger partial charge < -0.3 is 9.88 Å². The number of carbonyl (C=O) groups excluding carboxylic acids is 1. The minimum Gasteiger partial charge on any atom is -0.340 e. The van der Waals surface area contributed by atoms with E-state index in [0.717, 1.165) is 0 Å². The summed E-state index contributed by atoms with van der Waals surface area (Å²) in [7, 11) is -0.731. The van der Waals surface area contributed by atoms with E-state index in [9.17, 15) is 13.2 Å². The molecule has 0 saturated heterocycles. The summed E-state index contributed by atoms with van der Waals surface area (Å²) in [6, 6.07) is 0. The third kappa shape index (κ3) is 2.80. The largest absolute Gasteiger partial charge is 0.340 e. The predicted octanol–water partition coefficient (Wildman–Crippen LogP) is -0.947. The maximum absolute atomic E-state index is 11.8. The highest BCUT2D eigenvalue weighted by Gasteiger charge is 2.21. The number of amides is 1. The lowest BCUT2D eigenvalue weighted by Crippen LogP contribution is -2.18. The van der Waals surface area contributed by atoms with E-state index in [4.69, 9.17) is 5.14 Å². The number of nitrogens with two attached hydrogens (primary N) is 1. The number of sulfonamides is 1. The summed E-state index contributed by atoms with van der Waals surface area (Å²) >= 11 is 0. The number of anilines is 1. The summed E-state index contributed by atoms with van der Waals surface area (Å²) < 4.78 is 25.5. The first-order valence-electron chi connectivity index (χ1n) is 5.13. The summed E-state index contributed by atoms with van der Waals surface area (Å²) in [6.45, 7) is 0. The number of nitrogens with zero attached hydrogens (tertiary/aromatic N) is 4. The molecule has 0 aromatic carbocycles. The molecule has 0 aliphatic carbocycles. The molecule has 0 atom stereocenters. The van der Waals surface area contributed by atoms with Gasteiger partial charge in [-0.3, -0.25) is 9.48 Å². The van der Waals surface area contributed by atoms with Crippen LogP contribution in [-0.4, -0.2) is 33.7 Å².